The number of carbonyl (C=O) groups excluding carboxylic acids is 4. The average molecular weight is 973 g/mol. The molecule has 7 aromatic rings. The fourth-order valence-corrected chi connectivity index (χ4v) is 11.8. The zero-order valence-electron chi connectivity index (χ0n) is 43.4. The molecule has 11 rings (SSSR count). The maximum Gasteiger partial charge on any atom is 0.266 e. The third-order valence-electron chi connectivity index (χ3n) is 15.4. The van der Waals surface area contributed by atoms with Crippen LogP contribution in [0.3, 0.4) is 0 Å². The van der Waals surface area contributed by atoms with Gasteiger partial charge in [0.25, 0.3) is 17.7 Å². The smallest absolute Gasteiger partial charge is 0.266 e. The van der Waals surface area contributed by atoms with Gasteiger partial charge in [0.15, 0.2) is 0 Å². The number of amides is 4. The highest BCUT2D eigenvalue weighted by Gasteiger charge is 2.46. The molecule has 0 radical (unpaired) electrons. The number of ether oxygens (including phenoxy) is 4. The van der Waals surface area contributed by atoms with Crippen LogP contribution in [0.1, 0.15) is 164 Å². The summed E-state index contributed by atoms with van der Waals surface area (Å²) >= 11 is 0. The van der Waals surface area contributed by atoms with Crippen LogP contribution in [0.2, 0.25) is 0 Å². The van der Waals surface area contributed by atoms with E-state index >= 15 is 19.2 Å². The van der Waals surface area contributed by atoms with E-state index in [1.165, 1.54) is 9.80 Å². The fraction of sp³-hybridized carbons (Fsp3) is 0.302. The summed E-state index contributed by atoms with van der Waals surface area (Å²) in [5, 5.41) is 4.60. The van der Waals surface area contributed by atoms with E-state index in [0.29, 0.717) is 101 Å². The molecule has 2 aliphatic carbocycles. The first-order valence-electron chi connectivity index (χ1n) is 25.6. The lowest BCUT2D eigenvalue weighted by Gasteiger charge is -2.38. The van der Waals surface area contributed by atoms with E-state index in [-0.39, 0.29) is 41.9 Å². The van der Waals surface area contributed by atoms with Crippen molar-refractivity contribution in [3.8, 4) is 23.0 Å². The topological polar surface area (TPSA) is 112 Å². The molecule has 0 aromatic heterocycles. The third kappa shape index (κ3) is 7.26. The number of nitrogens with zero attached hydrogens (tertiary/aromatic N) is 2. The van der Waals surface area contributed by atoms with Gasteiger partial charge in [-0.05, 0) is 129 Å². The van der Waals surface area contributed by atoms with Crippen molar-refractivity contribution in [1.29, 1.82) is 0 Å². The summed E-state index contributed by atoms with van der Waals surface area (Å²) in [6, 6.07) is 26.6. The van der Waals surface area contributed by atoms with Crippen LogP contribution in [0.15, 0.2) is 109 Å². The normalized spacial score (nSPS) is 17.4. The molecule has 2 aliphatic heterocycles. The van der Waals surface area contributed by atoms with Gasteiger partial charge in [0.1, 0.15) is 28.8 Å². The number of fused-ring (bicyclic) bond motifs is 2. The zero-order chi connectivity index (χ0) is 51.5. The molecule has 0 N–H and O–H groups in total. The van der Waals surface area contributed by atoms with Crippen LogP contribution < -0.4 is 29.2 Å². The Balaban J connectivity index is 1.26. The number of methoxy groups -OCH3 is 2. The predicted molar refractivity (Wildman–Crippen MR) is 289 cm³/mol. The summed E-state index contributed by atoms with van der Waals surface area (Å²) < 4.78 is 25.3. The quantitative estimate of drug-likeness (QED) is 0.0676. The molecule has 0 bridgehead atoms. The highest BCUT2D eigenvalue weighted by Crippen LogP contribution is 2.52. The molecule has 10 nitrogen and oxygen atoms in total. The SMILES string of the molecule is COC1=CC=C(Oc2cc3c4c(ccc5c6c(Oc7ccc(OC)cc7)cc7c8c6c(c2c45)=CCC8C(=O)N(c2c(C(C)C)cccc2C(C)C)C7=O)C(=O)N(c2c(C(C)C)cccc2C(C)C)C3=O)C(C)C1. The lowest BCUT2D eigenvalue weighted by molar-refractivity contribution is -0.119. The molecule has 0 saturated heterocycles. The van der Waals surface area contributed by atoms with Gasteiger partial charge in [0.05, 0.1) is 42.8 Å². The molecule has 0 fully saturated rings. The van der Waals surface area contributed by atoms with Gasteiger partial charge in [-0.3, -0.25) is 19.2 Å². The Morgan fingerprint density at radius 3 is 1.66 bits per heavy atom. The summed E-state index contributed by atoms with van der Waals surface area (Å²) in [5.41, 5.74) is 6.59. The molecular weight excluding hydrogens is 913 g/mol. The summed E-state index contributed by atoms with van der Waals surface area (Å²) in [5.74, 6) is 1.12. The number of hydrogen-bond donors (Lipinski definition) is 0. The Morgan fingerprint density at radius 1 is 0.534 bits per heavy atom. The van der Waals surface area contributed by atoms with Crippen molar-refractivity contribution in [2.24, 2.45) is 5.92 Å². The van der Waals surface area contributed by atoms with Crippen molar-refractivity contribution in [3.63, 3.8) is 0 Å². The highest BCUT2D eigenvalue weighted by atomic mass is 16.5. The van der Waals surface area contributed by atoms with Crippen molar-refractivity contribution >= 4 is 73.4 Å². The highest BCUT2D eigenvalue weighted by molar-refractivity contribution is 6.41. The van der Waals surface area contributed by atoms with Crippen molar-refractivity contribution < 1.29 is 38.1 Å². The van der Waals surface area contributed by atoms with Crippen molar-refractivity contribution in [2.45, 2.75) is 105 Å². The van der Waals surface area contributed by atoms with Gasteiger partial charge in [-0.2, -0.15) is 0 Å². The maximum absolute atomic E-state index is 15.7. The van der Waals surface area contributed by atoms with E-state index in [4.69, 9.17) is 18.9 Å². The molecule has 2 atom stereocenters. The molecule has 2 unspecified atom stereocenters. The maximum atomic E-state index is 15.7. The summed E-state index contributed by atoms with van der Waals surface area (Å²) in [7, 11) is 3.26. The van der Waals surface area contributed by atoms with Crippen LogP contribution in [0, 0.1) is 5.92 Å². The van der Waals surface area contributed by atoms with E-state index in [1.54, 1.807) is 26.4 Å². The Bertz CT molecular complexity index is 3620. The first-order chi connectivity index (χ1) is 35.0. The van der Waals surface area contributed by atoms with Crippen LogP contribution in [0.25, 0.3) is 38.4 Å². The van der Waals surface area contributed by atoms with Crippen LogP contribution >= 0.6 is 0 Å². The van der Waals surface area contributed by atoms with E-state index in [2.05, 4.69) is 68.4 Å². The third-order valence-corrected chi connectivity index (χ3v) is 15.4. The number of hydrogen-bond acceptors (Lipinski definition) is 8. The van der Waals surface area contributed by atoms with Crippen molar-refractivity contribution in [3.05, 3.63) is 158 Å². The Hall–Kier alpha value is -7.72. The van der Waals surface area contributed by atoms with Crippen molar-refractivity contribution in [1.82, 2.24) is 0 Å². The van der Waals surface area contributed by atoms with Crippen LogP contribution in [-0.4, -0.2) is 37.8 Å². The van der Waals surface area contributed by atoms with E-state index in [1.807, 2.05) is 84.9 Å². The summed E-state index contributed by atoms with van der Waals surface area (Å²) in [6.45, 7) is 18.7. The van der Waals surface area contributed by atoms with E-state index in [9.17, 15) is 0 Å². The van der Waals surface area contributed by atoms with Gasteiger partial charge in [0, 0.05) is 45.0 Å². The molecule has 73 heavy (non-hydrogen) atoms. The van der Waals surface area contributed by atoms with Gasteiger partial charge in [0.2, 0.25) is 5.91 Å². The number of anilines is 2. The van der Waals surface area contributed by atoms with E-state index < -0.39 is 23.6 Å². The summed E-state index contributed by atoms with van der Waals surface area (Å²) in [6.07, 6.45) is 6.78. The predicted octanol–water partition coefficient (Wildman–Crippen LogP) is 14.2. The lowest BCUT2D eigenvalue weighted by Crippen LogP contribution is -2.47. The number of imide groups is 2. The largest absolute Gasteiger partial charge is 0.501 e. The molecule has 4 amide bonds. The molecule has 2 heterocycles. The van der Waals surface area contributed by atoms with Crippen molar-refractivity contribution in [2.75, 3.05) is 24.0 Å². The van der Waals surface area contributed by atoms with Gasteiger partial charge < -0.3 is 18.9 Å². The van der Waals surface area contributed by atoms with E-state index in [0.717, 1.165) is 33.2 Å². The number of carbonyl (C=O) groups is 4. The standard InChI is InChI=1S/C63H60N2O8/c1-31(2)39-14-12-15-40(32(3)4)58(39)64-60(66)45-26-24-44-55-51(73-49-27-22-38(71-11)28-35(49)9)30-48-53-46(61(67)65(63(48)69)59-41(33(5)6)16-13-17-42(59)34(7)8)25-23-43(57(53)55)54-50(29-47(62(64)68)52(45)56(44)54)72-37-20-18-36(70-10)19-21-37/h12-25,27,29-35,45H,26,28H2,1-11H3. The number of benzene rings is 7. The lowest BCUT2D eigenvalue weighted by atomic mass is 9.75. The van der Waals surface area contributed by atoms with Gasteiger partial charge in [-0.15, -0.1) is 0 Å². The number of allylic oxidation sites excluding steroid dienone is 4. The molecule has 10 heteroatoms. The fourth-order valence-electron chi connectivity index (χ4n) is 11.8. The second-order valence-electron chi connectivity index (χ2n) is 21.2. The van der Waals surface area contributed by atoms with Crippen LogP contribution in [-0.2, 0) is 9.53 Å². The minimum atomic E-state index is -0.717. The van der Waals surface area contributed by atoms with Gasteiger partial charge >= 0.3 is 0 Å². The van der Waals surface area contributed by atoms with Crippen LogP contribution in [0.5, 0.6) is 23.0 Å². The Labute approximate surface area is 425 Å². The minimum Gasteiger partial charge on any atom is -0.501 e. The Morgan fingerprint density at radius 2 is 1.08 bits per heavy atom. The molecule has 0 spiro atoms. The second kappa shape index (κ2) is 17.8. The average Bonchev–Trinajstić information content (AvgIpc) is 3.39. The zero-order valence-corrected chi connectivity index (χ0v) is 43.4. The van der Waals surface area contributed by atoms with Crippen LogP contribution in [0.4, 0.5) is 11.4 Å². The molecule has 4 aliphatic rings. The van der Waals surface area contributed by atoms with Gasteiger partial charge in [-0.1, -0.05) is 111 Å². The Kier molecular flexibility index (Phi) is 11.6. The number of rotatable bonds is 12. The first kappa shape index (κ1) is 47.6. The summed E-state index contributed by atoms with van der Waals surface area (Å²) in [4.78, 5) is 65.0. The monoisotopic (exact) mass is 972 g/mol. The molecule has 7 aromatic carbocycles. The molecule has 0 saturated carbocycles. The molecule has 370 valence electrons. The first-order valence-corrected chi connectivity index (χ1v) is 25.6. The second-order valence-corrected chi connectivity index (χ2v) is 21.2. The minimum absolute atomic E-state index is 0.0106. The van der Waals surface area contributed by atoms with Gasteiger partial charge in [-0.25, -0.2) is 9.80 Å². The number of para-hydroxylation sites is 2. The molecular formula is C63H60N2O8.